The molecule has 0 fully saturated rings. The molecule has 0 saturated heterocycles. The number of hydrogen-bond acceptors (Lipinski definition) is 2. The van der Waals surface area contributed by atoms with Crippen molar-refractivity contribution in [3.05, 3.63) is 58.3 Å². The molecule has 0 radical (unpaired) electrons. The van der Waals surface area contributed by atoms with Crippen molar-refractivity contribution in [2.24, 2.45) is 0 Å². The smallest absolute Gasteiger partial charge is 0.201 e. The molecule has 0 bridgehead atoms. The summed E-state index contributed by atoms with van der Waals surface area (Å²) in [7, 11) is 0. The number of nitrogen functional groups attached to an aromatic ring is 1. The third-order valence-electron chi connectivity index (χ3n) is 3.64. The monoisotopic (exact) mass is 347 g/mol. The number of anilines is 1. The summed E-state index contributed by atoms with van der Waals surface area (Å²) in [6.45, 7) is 2.78. The Bertz CT molecular complexity index is 783. The Morgan fingerprint density at radius 3 is 2.71 bits per heavy atom. The standard InChI is InChI=1S/C16H15BrFN3/c1-10(11-5-3-2-4-6-11)9-21-15-8-13(18)12(17)7-14(15)20-16(21)19/h2-8,10H,9H2,1H3,(H2,19,20). The predicted octanol–water partition coefficient (Wildman–Crippen LogP) is 4.32. The van der Waals surface area contributed by atoms with Crippen molar-refractivity contribution < 1.29 is 4.39 Å². The Morgan fingerprint density at radius 2 is 2.00 bits per heavy atom. The van der Waals surface area contributed by atoms with Gasteiger partial charge in [-0.15, -0.1) is 0 Å². The Kier molecular flexibility index (Phi) is 3.68. The number of aromatic nitrogens is 2. The van der Waals surface area contributed by atoms with E-state index in [-0.39, 0.29) is 11.7 Å². The second-order valence-electron chi connectivity index (χ2n) is 5.15. The van der Waals surface area contributed by atoms with Crippen LogP contribution in [0.1, 0.15) is 18.4 Å². The highest BCUT2D eigenvalue weighted by Gasteiger charge is 2.14. The molecule has 0 aliphatic heterocycles. The second-order valence-corrected chi connectivity index (χ2v) is 6.00. The van der Waals surface area contributed by atoms with E-state index >= 15 is 0 Å². The van der Waals surface area contributed by atoms with Gasteiger partial charge in [0.15, 0.2) is 0 Å². The maximum absolute atomic E-state index is 13.8. The van der Waals surface area contributed by atoms with Gasteiger partial charge < -0.3 is 10.3 Å². The molecule has 21 heavy (non-hydrogen) atoms. The summed E-state index contributed by atoms with van der Waals surface area (Å²) in [5, 5.41) is 0. The van der Waals surface area contributed by atoms with Gasteiger partial charge in [-0.05, 0) is 33.5 Å². The Labute approximate surface area is 130 Å². The third kappa shape index (κ3) is 2.65. The number of fused-ring (bicyclic) bond motifs is 1. The summed E-state index contributed by atoms with van der Waals surface area (Å²) in [6.07, 6.45) is 0. The van der Waals surface area contributed by atoms with E-state index in [4.69, 9.17) is 5.73 Å². The van der Waals surface area contributed by atoms with Crippen LogP contribution in [0.25, 0.3) is 11.0 Å². The van der Waals surface area contributed by atoms with Gasteiger partial charge in [-0.1, -0.05) is 37.3 Å². The van der Waals surface area contributed by atoms with E-state index in [1.54, 1.807) is 6.07 Å². The summed E-state index contributed by atoms with van der Waals surface area (Å²) in [4.78, 5) is 4.31. The van der Waals surface area contributed by atoms with Crippen molar-refractivity contribution in [1.29, 1.82) is 0 Å². The molecule has 2 N–H and O–H groups in total. The summed E-state index contributed by atoms with van der Waals surface area (Å²) < 4.78 is 16.0. The zero-order valence-electron chi connectivity index (χ0n) is 11.6. The van der Waals surface area contributed by atoms with Gasteiger partial charge in [0.2, 0.25) is 5.95 Å². The lowest BCUT2D eigenvalue weighted by Crippen LogP contribution is -2.09. The van der Waals surface area contributed by atoms with E-state index in [0.717, 1.165) is 5.52 Å². The van der Waals surface area contributed by atoms with E-state index < -0.39 is 0 Å². The number of hydrogen-bond donors (Lipinski definition) is 1. The number of halogens is 2. The SMILES string of the molecule is CC(Cn1c(N)nc2cc(Br)c(F)cc21)c1ccccc1. The van der Waals surface area contributed by atoms with Crippen LogP contribution in [-0.2, 0) is 6.54 Å². The summed E-state index contributed by atoms with van der Waals surface area (Å²) in [5.74, 6) is 0.360. The minimum atomic E-state index is -0.309. The van der Waals surface area contributed by atoms with Crippen molar-refractivity contribution in [2.75, 3.05) is 5.73 Å². The summed E-state index contributed by atoms with van der Waals surface area (Å²) in [6, 6.07) is 13.3. The fraction of sp³-hybridized carbons (Fsp3) is 0.188. The average molecular weight is 348 g/mol. The second kappa shape index (κ2) is 5.48. The van der Waals surface area contributed by atoms with Crippen LogP contribution in [0.2, 0.25) is 0 Å². The van der Waals surface area contributed by atoms with Crippen LogP contribution in [0.15, 0.2) is 46.9 Å². The molecule has 1 unspecified atom stereocenters. The van der Waals surface area contributed by atoms with Crippen molar-refractivity contribution in [1.82, 2.24) is 9.55 Å². The molecule has 108 valence electrons. The first-order valence-corrected chi connectivity index (χ1v) is 7.51. The molecule has 1 heterocycles. The zero-order chi connectivity index (χ0) is 15.0. The highest BCUT2D eigenvalue weighted by atomic mass is 79.9. The van der Waals surface area contributed by atoms with Gasteiger partial charge in [-0.3, -0.25) is 0 Å². The van der Waals surface area contributed by atoms with Crippen LogP contribution >= 0.6 is 15.9 Å². The van der Waals surface area contributed by atoms with Gasteiger partial charge >= 0.3 is 0 Å². The van der Waals surface area contributed by atoms with Crippen LogP contribution in [0.4, 0.5) is 10.3 Å². The van der Waals surface area contributed by atoms with Crippen LogP contribution in [0.3, 0.4) is 0 Å². The van der Waals surface area contributed by atoms with Gasteiger partial charge in [0, 0.05) is 12.6 Å². The molecule has 1 aromatic heterocycles. The van der Waals surface area contributed by atoms with Crippen LogP contribution in [-0.4, -0.2) is 9.55 Å². The fourth-order valence-corrected chi connectivity index (χ4v) is 2.82. The lowest BCUT2D eigenvalue weighted by atomic mass is 10.0. The number of benzene rings is 2. The molecule has 0 saturated carbocycles. The molecule has 0 aliphatic carbocycles. The van der Waals surface area contributed by atoms with Gasteiger partial charge in [0.25, 0.3) is 0 Å². The van der Waals surface area contributed by atoms with E-state index in [1.165, 1.54) is 11.6 Å². The van der Waals surface area contributed by atoms with E-state index in [0.29, 0.717) is 22.5 Å². The fourth-order valence-electron chi connectivity index (χ4n) is 2.49. The minimum Gasteiger partial charge on any atom is -0.369 e. The van der Waals surface area contributed by atoms with Crippen molar-refractivity contribution >= 4 is 32.9 Å². The number of imidazole rings is 1. The average Bonchev–Trinajstić information content (AvgIpc) is 2.76. The molecular formula is C16H15BrFN3. The maximum Gasteiger partial charge on any atom is 0.201 e. The highest BCUT2D eigenvalue weighted by molar-refractivity contribution is 9.10. The molecule has 5 heteroatoms. The van der Waals surface area contributed by atoms with Gasteiger partial charge in [-0.2, -0.15) is 0 Å². The van der Waals surface area contributed by atoms with Gasteiger partial charge in [-0.25, -0.2) is 9.37 Å². The molecule has 0 aliphatic rings. The van der Waals surface area contributed by atoms with Gasteiger partial charge in [0.05, 0.1) is 15.5 Å². The molecule has 3 rings (SSSR count). The lowest BCUT2D eigenvalue weighted by molar-refractivity contribution is 0.607. The van der Waals surface area contributed by atoms with Crippen LogP contribution in [0.5, 0.6) is 0 Å². The largest absolute Gasteiger partial charge is 0.369 e. The zero-order valence-corrected chi connectivity index (χ0v) is 13.1. The van der Waals surface area contributed by atoms with Gasteiger partial charge in [0.1, 0.15) is 5.82 Å². The van der Waals surface area contributed by atoms with E-state index in [1.807, 2.05) is 22.8 Å². The van der Waals surface area contributed by atoms with Crippen molar-refractivity contribution in [3.8, 4) is 0 Å². The minimum absolute atomic E-state index is 0.262. The first-order valence-electron chi connectivity index (χ1n) is 6.72. The summed E-state index contributed by atoms with van der Waals surface area (Å²) >= 11 is 3.17. The Morgan fingerprint density at radius 1 is 1.29 bits per heavy atom. The maximum atomic E-state index is 13.8. The first-order chi connectivity index (χ1) is 10.1. The number of nitrogens with zero attached hydrogens (tertiary/aromatic N) is 2. The first kappa shape index (κ1) is 14.1. The lowest BCUT2D eigenvalue weighted by Gasteiger charge is -2.14. The molecule has 3 aromatic rings. The molecule has 3 nitrogen and oxygen atoms in total. The van der Waals surface area contributed by atoms with E-state index in [9.17, 15) is 4.39 Å². The molecule has 1 atom stereocenters. The molecular weight excluding hydrogens is 333 g/mol. The predicted molar refractivity (Wildman–Crippen MR) is 86.7 cm³/mol. The molecule has 0 amide bonds. The number of nitrogens with two attached hydrogens (primary N) is 1. The van der Waals surface area contributed by atoms with E-state index in [2.05, 4.69) is 40.0 Å². The van der Waals surface area contributed by atoms with Crippen LogP contribution < -0.4 is 5.73 Å². The quantitative estimate of drug-likeness (QED) is 0.766. The molecule has 2 aromatic carbocycles. The Hall–Kier alpha value is -1.88. The molecule has 0 spiro atoms. The van der Waals surface area contributed by atoms with Crippen molar-refractivity contribution in [3.63, 3.8) is 0 Å². The van der Waals surface area contributed by atoms with Crippen LogP contribution in [0, 0.1) is 5.82 Å². The normalized spacial score (nSPS) is 12.7. The summed E-state index contributed by atoms with van der Waals surface area (Å²) in [5.41, 5.74) is 8.63. The highest BCUT2D eigenvalue weighted by Crippen LogP contribution is 2.27. The van der Waals surface area contributed by atoms with Crippen molar-refractivity contribution in [2.45, 2.75) is 19.4 Å². The number of rotatable bonds is 3. The Balaban J connectivity index is 2.01. The topological polar surface area (TPSA) is 43.8 Å². The third-order valence-corrected chi connectivity index (χ3v) is 4.25.